The van der Waals surface area contributed by atoms with Crippen molar-refractivity contribution in [1.29, 1.82) is 0 Å². The van der Waals surface area contributed by atoms with Gasteiger partial charge in [-0.1, -0.05) is 45.0 Å². The molecule has 0 saturated carbocycles. The van der Waals surface area contributed by atoms with Gasteiger partial charge in [-0.15, -0.1) is 0 Å². The van der Waals surface area contributed by atoms with Crippen LogP contribution in [-0.2, 0) is 11.8 Å². The Hall–Kier alpha value is -2.49. The number of rotatable bonds is 4. The number of carbonyl (C=O) groups excluding carboxylic acids is 1. The minimum absolute atomic E-state index is 0.102. The van der Waals surface area contributed by atoms with Crippen molar-refractivity contribution < 1.29 is 9.90 Å². The number of nitrogens with one attached hydrogen (secondary N) is 2. The zero-order chi connectivity index (χ0) is 16.9. The highest BCUT2D eigenvalue weighted by Gasteiger charge is 2.13. The molecule has 0 aromatic heterocycles. The monoisotopic (exact) mass is 312 g/mol. The molecular formula is C19H24N2O2. The summed E-state index contributed by atoms with van der Waals surface area (Å²) in [7, 11) is 0. The lowest BCUT2D eigenvalue weighted by atomic mass is 9.87. The van der Waals surface area contributed by atoms with Crippen LogP contribution in [0.2, 0.25) is 0 Å². The first-order chi connectivity index (χ1) is 10.8. The molecule has 122 valence electrons. The van der Waals surface area contributed by atoms with Crippen LogP contribution in [0.4, 0.5) is 10.5 Å². The molecule has 4 heteroatoms. The van der Waals surface area contributed by atoms with Gasteiger partial charge in [0.25, 0.3) is 0 Å². The van der Waals surface area contributed by atoms with Gasteiger partial charge < -0.3 is 15.7 Å². The van der Waals surface area contributed by atoms with Crippen LogP contribution in [0.15, 0.2) is 48.5 Å². The normalized spacial score (nSPS) is 11.1. The number of urea groups is 1. The highest BCUT2D eigenvalue weighted by Crippen LogP contribution is 2.23. The predicted octanol–water partition coefficient (Wildman–Crippen LogP) is 4.05. The van der Waals surface area contributed by atoms with Crippen LogP contribution in [0, 0.1) is 0 Å². The third-order valence-electron chi connectivity index (χ3n) is 3.64. The number of carbonyl (C=O) groups is 1. The molecule has 0 heterocycles. The van der Waals surface area contributed by atoms with Gasteiger partial charge >= 0.3 is 6.03 Å². The molecule has 0 bridgehead atoms. The molecule has 2 aromatic rings. The summed E-state index contributed by atoms with van der Waals surface area (Å²) in [5.41, 5.74) is 3.18. The molecule has 2 rings (SSSR count). The summed E-state index contributed by atoms with van der Waals surface area (Å²) in [6, 6.07) is 14.7. The van der Waals surface area contributed by atoms with Gasteiger partial charge in [-0.05, 0) is 47.2 Å². The molecule has 0 aliphatic rings. The summed E-state index contributed by atoms with van der Waals surface area (Å²) in [5, 5.41) is 14.9. The van der Waals surface area contributed by atoms with Crippen LogP contribution in [-0.4, -0.2) is 17.7 Å². The van der Waals surface area contributed by atoms with Crippen molar-refractivity contribution in [3.05, 3.63) is 59.7 Å². The molecule has 0 spiro atoms. The Labute approximate surface area is 137 Å². The van der Waals surface area contributed by atoms with Crippen molar-refractivity contribution in [2.45, 2.75) is 32.6 Å². The Balaban J connectivity index is 1.79. The molecule has 2 amide bonds. The zero-order valence-electron chi connectivity index (χ0n) is 13.9. The van der Waals surface area contributed by atoms with Crippen LogP contribution in [0.3, 0.4) is 0 Å². The third kappa shape index (κ3) is 5.33. The van der Waals surface area contributed by atoms with Gasteiger partial charge in [0.1, 0.15) is 5.75 Å². The average Bonchev–Trinajstić information content (AvgIpc) is 2.49. The van der Waals surface area contributed by atoms with Gasteiger partial charge in [-0.25, -0.2) is 4.79 Å². The Morgan fingerprint density at radius 3 is 2.17 bits per heavy atom. The average molecular weight is 312 g/mol. The highest BCUT2D eigenvalue weighted by molar-refractivity contribution is 5.89. The molecule has 2 aromatic carbocycles. The molecular weight excluding hydrogens is 288 g/mol. The maximum absolute atomic E-state index is 11.9. The topological polar surface area (TPSA) is 61.4 Å². The smallest absolute Gasteiger partial charge is 0.319 e. The second-order valence-electron chi connectivity index (χ2n) is 6.62. The lowest BCUT2D eigenvalue weighted by Crippen LogP contribution is -2.30. The maximum Gasteiger partial charge on any atom is 0.319 e. The van der Waals surface area contributed by atoms with Crippen LogP contribution >= 0.6 is 0 Å². The molecule has 3 N–H and O–H groups in total. The Morgan fingerprint density at radius 2 is 1.61 bits per heavy atom. The quantitative estimate of drug-likeness (QED) is 0.797. The number of hydrogen-bond acceptors (Lipinski definition) is 2. The molecule has 0 aliphatic carbocycles. The lowest BCUT2D eigenvalue weighted by molar-refractivity contribution is 0.252. The van der Waals surface area contributed by atoms with Gasteiger partial charge in [0.15, 0.2) is 0 Å². The number of benzene rings is 2. The molecule has 0 saturated heterocycles. The van der Waals surface area contributed by atoms with Crippen LogP contribution in [0.5, 0.6) is 5.75 Å². The lowest BCUT2D eigenvalue weighted by Gasteiger charge is -2.19. The molecule has 0 aliphatic heterocycles. The molecule has 0 atom stereocenters. The van der Waals surface area contributed by atoms with E-state index in [9.17, 15) is 9.90 Å². The van der Waals surface area contributed by atoms with Gasteiger partial charge in [0.2, 0.25) is 0 Å². The SMILES string of the molecule is CC(C)(C)c1ccc(NC(=O)NCCc2ccc(O)cc2)cc1. The summed E-state index contributed by atoms with van der Waals surface area (Å²) in [6.45, 7) is 7.01. The summed E-state index contributed by atoms with van der Waals surface area (Å²) in [5.74, 6) is 0.248. The van der Waals surface area contributed by atoms with Crippen LogP contribution < -0.4 is 10.6 Å². The summed E-state index contributed by atoms with van der Waals surface area (Å²) >= 11 is 0. The number of anilines is 1. The van der Waals surface area contributed by atoms with Crippen molar-refractivity contribution in [3.8, 4) is 5.75 Å². The minimum Gasteiger partial charge on any atom is -0.508 e. The molecule has 0 fully saturated rings. The van der Waals surface area contributed by atoms with Gasteiger partial charge in [0, 0.05) is 12.2 Å². The standard InChI is InChI=1S/C19H24N2O2/c1-19(2,3)15-6-8-16(9-7-15)21-18(23)20-13-12-14-4-10-17(22)11-5-14/h4-11,22H,12-13H2,1-3H3,(H2,20,21,23). The summed E-state index contributed by atoms with van der Waals surface area (Å²) in [6.07, 6.45) is 0.719. The van der Waals surface area contributed by atoms with E-state index in [1.807, 2.05) is 36.4 Å². The van der Waals surface area contributed by atoms with Crippen molar-refractivity contribution in [3.63, 3.8) is 0 Å². The van der Waals surface area contributed by atoms with Gasteiger partial charge in [0.05, 0.1) is 0 Å². The molecule has 0 unspecified atom stereocenters. The molecule has 0 radical (unpaired) electrons. The number of phenolic OH excluding ortho intramolecular Hbond substituents is 1. The molecule has 4 nitrogen and oxygen atoms in total. The van der Waals surface area contributed by atoms with Crippen LogP contribution in [0.1, 0.15) is 31.9 Å². The Morgan fingerprint density at radius 1 is 1.00 bits per heavy atom. The highest BCUT2D eigenvalue weighted by atomic mass is 16.3. The maximum atomic E-state index is 11.9. The zero-order valence-corrected chi connectivity index (χ0v) is 13.9. The van der Waals surface area contributed by atoms with Crippen molar-refractivity contribution in [2.24, 2.45) is 0 Å². The third-order valence-corrected chi connectivity index (χ3v) is 3.64. The fraction of sp³-hybridized carbons (Fsp3) is 0.316. The van der Waals surface area contributed by atoms with E-state index in [2.05, 4.69) is 31.4 Å². The van der Waals surface area contributed by atoms with E-state index in [1.165, 1.54) is 5.56 Å². The minimum atomic E-state index is -0.215. The van der Waals surface area contributed by atoms with E-state index in [-0.39, 0.29) is 17.2 Å². The van der Waals surface area contributed by atoms with E-state index in [4.69, 9.17) is 0 Å². The van der Waals surface area contributed by atoms with E-state index < -0.39 is 0 Å². The van der Waals surface area contributed by atoms with E-state index in [0.29, 0.717) is 6.54 Å². The number of phenols is 1. The first-order valence-corrected chi connectivity index (χ1v) is 7.78. The number of hydrogen-bond donors (Lipinski definition) is 3. The number of amides is 2. The van der Waals surface area contributed by atoms with Crippen molar-refractivity contribution in [2.75, 3.05) is 11.9 Å². The Bertz CT molecular complexity index is 641. The van der Waals surface area contributed by atoms with Crippen molar-refractivity contribution >= 4 is 11.7 Å². The van der Waals surface area contributed by atoms with Gasteiger partial charge in [-0.2, -0.15) is 0 Å². The van der Waals surface area contributed by atoms with E-state index in [0.717, 1.165) is 17.7 Å². The fourth-order valence-electron chi connectivity index (χ4n) is 2.21. The van der Waals surface area contributed by atoms with Crippen LogP contribution in [0.25, 0.3) is 0 Å². The summed E-state index contributed by atoms with van der Waals surface area (Å²) < 4.78 is 0. The predicted molar refractivity (Wildman–Crippen MR) is 94.0 cm³/mol. The molecule has 23 heavy (non-hydrogen) atoms. The second-order valence-corrected chi connectivity index (χ2v) is 6.62. The van der Waals surface area contributed by atoms with Crippen molar-refractivity contribution in [1.82, 2.24) is 5.32 Å². The second kappa shape index (κ2) is 7.18. The first-order valence-electron chi connectivity index (χ1n) is 7.78. The van der Waals surface area contributed by atoms with E-state index in [1.54, 1.807) is 12.1 Å². The summed E-state index contributed by atoms with van der Waals surface area (Å²) in [4.78, 5) is 11.9. The first kappa shape index (κ1) is 16.9. The van der Waals surface area contributed by atoms with Gasteiger partial charge in [-0.3, -0.25) is 0 Å². The van der Waals surface area contributed by atoms with E-state index >= 15 is 0 Å². The fourth-order valence-corrected chi connectivity index (χ4v) is 2.21. The largest absolute Gasteiger partial charge is 0.508 e. The number of aromatic hydroxyl groups is 1. The Kier molecular flexibility index (Phi) is 5.27.